The Balaban J connectivity index is 2.39. The molecule has 0 aliphatic rings. The first kappa shape index (κ1) is 13.4. The van der Waals surface area contributed by atoms with Gasteiger partial charge in [-0.3, -0.25) is 9.59 Å². The van der Waals surface area contributed by atoms with Crippen molar-refractivity contribution in [1.29, 1.82) is 0 Å². The molecule has 17 heavy (non-hydrogen) atoms. The molecule has 0 unspecified atom stereocenters. The number of hydrogen-bond acceptors (Lipinski definition) is 3. The standard InChI is InChI=1S/C13H18N2O2/c1-10-2-4-11(5-3-10)12(16)6-7-13(17)15-9-8-14/h2-5H,6-9,14H2,1H3,(H,15,17). The Labute approximate surface area is 101 Å². The van der Waals surface area contributed by atoms with E-state index in [4.69, 9.17) is 5.73 Å². The summed E-state index contributed by atoms with van der Waals surface area (Å²) in [4.78, 5) is 23.0. The molecule has 0 saturated carbocycles. The van der Waals surface area contributed by atoms with Crippen LogP contribution < -0.4 is 11.1 Å². The van der Waals surface area contributed by atoms with Crippen molar-refractivity contribution in [3.8, 4) is 0 Å². The van der Waals surface area contributed by atoms with Gasteiger partial charge in [0, 0.05) is 31.5 Å². The van der Waals surface area contributed by atoms with Gasteiger partial charge in [-0.2, -0.15) is 0 Å². The molecule has 4 heteroatoms. The zero-order valence-corrected chi connectivity index (χ0v) is 10.0. The van der Waals surface area contributed by atoms with Gasteiger partial charge in [-0.15, -0.1) is 0 Å². The van der Waals surface area contributed by atoms with Crippen molar-refractivity contribution >= 4 is 11.7 Å². The second kappa shape index (κ2) is 6.81. The molecule has 0 aliphatic carbocycles. The number of nitrogens with two attached hydrogens (primary N) is 1. The highest BCUT2D eigenvalue weighted by Gasteiger charge is 2.08. The first-order chi connectivity index (χ1) is 8.13. The third-order valence-electron chi connectivity index (χ3n) is 2.42. The molecule has 0 spiro atoms. The van der Waals surface area contributed by atoms with Crippen LogP contribution in [0.1, 0.15) is 28.8 Å². The normalized spacial score (nSPS) is 10.0. The summed E-state index contributed by atoms with van der Waals surface area (Å²) >= 11 is 0. The number of Topliss-reactive ketones (excluding diaryl/α,β-unsaturated/α-hetero) is 1. The lowest BCUT2D eigenvalue weighted by atomic mass is 10.1. The van der Waals surface area contributed by atoms with Crippen molar-refractivity contribution in [3.63, 3.8) is 0 Å². The van der Waals surface area contributed by atoms with E-state index in [1.165, 1.54) is 0 Å². The summed E-state index contributed by atoms with van der Waals surface area (Å²) in [7, 11) is 0. The van der Waals surface area contributed by atoms with E-state index in [1.54, 1.807) is 12.1 Å². The van der Waals surface area contributed by atoms with Crippen LogP contribution in [0.4, 0.5) is 0 Å². The Morgan fingerprint density at radius 2 is 1.82 bits per heavy atom. The number of carbonyl (C=O) groups is 2. The second-order valence-electron chi connectivity index (χ2n) is 3.93. The predicted molar refractivity (Wildman–Crippen MR) is 66.8 cm³/mol. The highest BCUT2D eigenvalue weighted by molar-refractivity contribution is 5.97. The molecule has 0 heterocycles. The molecule has 1 rings (SSSR count). The Kier molecular flexibility index (Phi) is 5.36. The average Bonchev–Trinajstić information content (AvgIpc) is 2.34. The lowest BCUT2D eigenvalue weighted by molar-refractivity contribution is -0.121. The van der Waals surface area contributed by atoms with E-state index in [9.17, 15) is 9.59 Å². The molecule has 3 N–H and O–H groups in total. The molecular formula is C13H18N2O2. The first-order valence-electron chi connectivity index (χ1n) is 5.70. The van der Waals surface area contributed by atoms with Crippen LogP contribution in [-0.2, 0) is 4.79 Å². The van der Waals surface area contributed by atoms with Crippen molar-refractivity contribution in [1.82, 2.24) is 5.32 Å². The van der Waals surface area contributed by atoms with Crippen molar-refractivity contribution in [2.45, 2.75) is 19.8 Å². The number of amides is 1. The third kappa shape index (κ3) is 4.78. The molecule has 0 atom stereocenters. The zero-order valence-electron chi connectivity index (χ0n) is 10.0. The van der Waals surface area contributed by atoms with Crippen molar-refractivity contribution < 1.29 is 9.59 Å². The van der Waals surface area contributed by atoms with E-state index < -0.39 is 0 Å². The van der Waals surface area contributed by atoms with Crippen molar-refractivity contribution in [3.05, 3.63) is 35.4 Å². The van der Waals surface area contributed by atoms with Crippen molar-refractivity contribution in [2.75, 3.05) is 13.1 Å². The summed E-state index contributed by atoms with van der Waals surface area (Å²) in [5, 5.41) is 2.63. The molecular weight excluding hydrogens is 216 g/mol. The fourth-order valence-electron chi connectivity index (χ4n) is 1.41. The fourth-order valence-corrected chi connectivity index (χ4v) is 1.41. The summed E-state index contributed by atoms with van der Waals surface area (Å²) in [5.74, 6) is -0.135. The maximum Gasteiger partial charge on any atom is 0.220 e. The highest BCUT2D eigenvalue weighted by atomic mass is 16.2. The Morgan fingerprint density at radius 3 is 2.41 bits per heavy atom. The number of carbonyl (C=O) groups excluding carboxylic acids is 2. The van der Waals surface area contributed by atoms with Crippen LogP contribution in [0.5, 0.6) is 0 Å². The summed E-state index contributed by atoms with van der Waals surface area (Å²) in [6.45, 7) is 2.84. The number of rotatable bonds is 6. The molecule has 0 radical (unpaired) electrons. The van der Waals surface area contributed by atoms with Crippen molar-refractivity contribution in [2.24, 2.45) is 5.73 Å². The monoisotopic (exact) mass is 234 g/mol. The van der Waals surface area contributed by atoms with Crippen LogP contribution in [0, 0.1) is 6.92 Å². The van der Waals surface area contributed by atoms with E-state index in [1.807, 2.05) is 19.1 Å². The summed E-state index contributed by atoms with van der Waals surface area (Å²) in [6.07, 6.45) is 0.451. The minimum atomic E-state index is -0.129. The van der Waals surface area contributed by atoms with Crippen LogP contribution in [0.15, 0.2) is 24.3 Å². The van der Waals surface area contributed by atoms with Gasteiger partial charge in [0.15, 0.2) is 5.78 Å². The average molecular weight is 234 g/mol. The van der Waals surface area contributed by atoms with Crippen LogP contribution in [-0.4, -0.2) is 24.8 Å². The van der Waals surface area contributed by atoms with E-state index in [-0.39, 0.29) is 24.5 Å². The highest BCUT2D eigenvalue weighted by Crippen LogP contribution is 2.07. The minimum absolute atomic E-state index is 0.00658. The number of benzene rings is 1. The summed E-state index contributed by atoms with van der Waals surface area (Å²) in [5.41, 5.74) is 7.02. The van der Waals surface area contributed by atoms with Crippen LogP contribution >= 0.6 is 0 Å². The maximum absolute atomic E-state index is 11.7. The van der Waals surface area contributed by atoms with Crippen LogP contribution in [0.2, 0.25) is 0 Å². The molecule has 4 nitrogen and oxygen atoms in total. The predicted octanol–water partition coefficient (Wildman–Crippen LogP) is 1.03. The quantitative estimate of drug-likeness (QED) is 0.722. The van der Waals surface area contributed by atoms with Crippen LogP contribution in [0.25, 0.3) is 0 Å². The Morgan fingerprint density at radius 1 is 1.18 bits per heavy atom. The number of ketones is 1. The van der Waals surface area contributed by atoms with Gasteiger partial charge >= 0.3 is 0 Å². The lowest BCUT2D eigenvalue weighted by Gasteiger charge is -2.03. The molecule has 0 aromatic heterocycles. The van der Waals surface area contributed by atoms with E-state index in [0.29, 0.717) is 18.7 Å². The number of hydrogen-bond donors (Lipinski definition) is 2. The summed E-state index contributed by atoms with van der Waals surface area (Å²) < 4.78 is 0. The third-order valence-corrected chi connectivity index (χ3v) is 2.42. The minimum Gasteiger partial charge on any atom is -0.355 e. The Bertz CT molecular complexity index is 385. The zero-order chi connectivity index (χ0) is 12.7. The SMILES string of the molecule is Cc1ccc(C(=O)CCC(=O)NCCN)cc1. The van der Waals surface area contributed by atoms with Gasteiger partial charge in [0.25, 0.3) is 0 Å². The molecule has 0 fully saturated rings. The molecule has 92 valence electrons. The first-order valence-corrected chi connectivity index (χ1v) is 5.70. The molecule has 1 aromatic carbocycles. The van der Waals surface area contributed by atoms with Gasteiger partial charge in [0.1, 0.15) is 0 Å². The molecule has 1 aromatic rings. The maximum atomic E-state index is 11.7. The van der Waals surface area contributed by atoms with E-state index in [0.717, 1.165) is 5.56 Å². The molecule has 0 bridgehead atoms. The van der Waals surface area contributed by atoms with Crippen LogP contribution in [0.3, 0.4) is 0 Å². The van der Waals surface area contributed by atoms with Gasteiger partial charge in [0.2, 0.25) is 5.91 Å². The largest absolute Gasteiger partial charge is 0.355 e. The lowest BCUT2D eigenvalue weighted by Crippen LogP contribution is -2.29. The molecule has 0 aliphatic heterocycles. The van der Waals surface area contributed by atoms with Gasteiger partial charge in [0.05, 0.1) is 0 Å². The van der Waals surface area contributed by atoms with Gasteiger partial charge in [-0.25, -0.2) is 0 Å². The Hall–Kier alpha value is -1.68. The van der Waals surface area contributed by atoms with Gasteiger partial charge in [-0.05, 0) is 6.92 Å². The fraction of sp³-hybridized carbons (Fsp3) is 0.385. The smallest absolute Gasteiger partial charge is 0.220 e. The molecule has 1 amide bonds. The van der Waals surface area contributed by atoms with E-state index >= 15 is 0 Å². The summed E-state index contributed by atoms with van der Waals surface area (Å²) in [6, 6.07) is 7.36. The number of aryl methyl sites for hydroxylation is 1. The van der Waals surface area contributed by atoms with Gasteiger partial charge in [-0.1, -0.05) is 29.8 Å². The second-order valence-corrected chi connectivity index (χ2v) is 3.93. The number of nitrogens with one attached hydrogen (secondary N) is 1. The molecule has 0 saturated heterocycles. The van der Waals surface area contributed by atoms with E-state index in [2.05, 4.69) is 5.32 Å². The topological polar surface area (TPSA) is 72.2 Å². The van der Waals surface area contributed by atoms with Gasteiger partial charge < -0.3 is 11.1 Å².